The molecule has 1 amide bonds. The van der Waals surface area contributed by atoms with E-state index >= 15 is 0 Å². The van der Waals surface area contributed by atoms with E-state index in [1.807, 2.05) is 6.92 Å². The number of amides is 1. The van der Waals surface area contributed by atoms with Gasteiger partial charge < -0.3 is 20.1 Å². The van der Waals surface area contributed by atoms with Crippen LogP contribution in [0.3, 0.4) is 0 Å². The topological polar surface area (TPSA) is 59.6 Å². The molecule has 0 aromatic heterocycles. The first-order chi connectivity index (χ1) is 9.72. The van der Waals surface area contributed by atoms with E-state index in [9.17, 15) is 4.79 Å². The van der Waals surface area contributed by atoms with Crippen molar-refractivity contribution in [1.29, 1.82) is 0 Å². The summed E-state index contributed by atoms with van der Waals surface area (Å²) in [5, 5.41) is 6.19. The third-order valence-corrected chi connectivity index (χ3v) is 3.07. The largest absolute Gasteiger partial charge is 0.382 e. The van der Waals surface area contributed by atoms with E-state index in [0.717, 1.165) is 39.0 Å². The van der Waals surface area contributed by atoms with Crippen molar-refractivity contribution in [3.63, 3.8) is 0 Å². The van der Waals surface area contributed by atoms with Gasteiger partial charge in [0.05, 0.1) is 19.3 Å². The maximum atomic E-state index is 11.7. The molecule has 0 fully saturated rings. The first-order valence-electron chi connectivity index (χ1n) is 7.80. The lowest BCUT2D eigenvalue weighted by atomic mass is 10.2. The predicted octanol–water partition coefficient (Wildman–Crippen LogP) is 1.71. The van der Waals surface area contributed by atoms with Crippen LogP contribution in [0.15, 0.2) is 0 Å². The Hall–Kier alpha value is -0.650. The van der Waals surface area contributed by atoms with E-state index in [1.165, 1.54) is 12.8 Å². The highest BCUT2D eigenvalue weighted by Gasteiger charge is 2.10. The van der Waals surface area contributed by atoms with E-state index in [4.69, 9.17) is 9.47 Å². The second kappa shape index (κ2) is 14.8. The van der Waals surface area contributed by atoms with Gasteiger partial charge in [-0.2, -0.15) is 0 Å². The minimum Gasteiger partial charge on any atom is -0.382 e. The molecule has 2 N–H and O–H groups in total. The molecule has 1 atom stereocenters. The van der Waals surface area contributed by atoms with Crippen molar-refractivity contribution < 1.29 is 14.3 Å². The Balaban J connectivity index is 3.34. The second-order valence-electron chi connectivity index (χ2n) is 4.99. The van der Waals surface area contributed by atoms with Crippen molar-refractivity contribution >= 4 is 5.91 Å². The summed E-state index contributed by atoms with van der Waals surface area (Å²) in [6, 6.07) is -0.119. The predicted molar refractivity (Wildman–Crippen MR) is 81.9 cm³/mol. The van der Waals surface area contributed by atoms with Gasteiger partial charge in [-0.3, -0.25) is 4.79 Å². The SMILES string of the molecule is CCCCCNC(=O)C(C)NCCCCOCCOC. The van der Waals surface area contributed by atoms with Gasteiger partial charge in [-0.25, -0.2) is 0 Å². The number of carbonyl (C=O) groups excluding carboxylic acids is 1. The van der Waals surface area contributed by atoms with Gasteiger partial charge in [0.1, 0.15) is 0 Å². The zero-order valence-electron chi connectivity index (χ0n) is 13.4. The molecule has 0 aromatic carbocycles. The average Bonchev–Trinajstić information content (AvgIpc) is 2.46. The fourth-order valence-corrected chi connectivity index (χ4v) is 1.72. The highest BCUT2D eigenvalue weighted by Crippen LogP contribution is 1.93. The summed E-state index contributed by atoms with van der Waals surface area (Å²) < 4.78 is 10.3. The molecule has 0 aliphatic rings. The van der Waals surface area contributed by atoms with Gasteiger partial charge in [-0.1, -0.05) is 19.8 Å². The van der Waals surface area contributed by atoms with E-state index in [0.29, 0.717) is 13.2 Å². The van der Waals surface area contributed by atoms with Crippen LogP contribution in [0, 0.1) is 0 Å². The van der Waals surface area contributed by atoms with Crippen LogP contribution < -0.4 is 10.6 Å². The third-order valence-electron chi connectivity index (χ3n) is 3.07. The van der Waals surface area contributed by atoms with Crippen molar-refractivity contribution in [2.24, 2.45) is 0 Å². The summed E-state index contributed by atoms with van der Waals surface area (Å²) in [5.74, 6) is 0.0949. The molecule has 0 aliphatic carbocycles. The van der Waals surface area contributed by atoms with Crippen LogP contribution in [0.1, 0.15) is 46.0 Å². The summed E-state index contributed by atoms with van der Waals surface area (Å²) >= 11 is 0. The number of hydrogen-bond acceptors (Lipinski definition) is 4. The van der Waals surface area contributed by atoms with E-state index in [1.54, 1.807) is 7.11 Å². The van der Waals surface area contributed by atoms with Crippen LogP contribution in [0.25, 0.3) is 0 Å². The Labute approximate surface area is 123 Å². The van der Waals surface area contributed by atoms with Crippen LogP contribution in [-0.2, 0) is 14.3 Å². The molecule has 0 radical (unpaired) electrons. The maximum Gasteiger partial charge on any atom is 0.236 e. The zero-order chi connectivity index (χ0) is 15.1. The first kappa shape index (κ1) is 19.4. The highest BCUT2D eigenvalue weighted by molar-refractivity contribution is 5.81. The van der Waals surface area contributed by atoms with Gasteiger partial charge in [0.25, 0.3) is 0 Å². The molecule has 0 heterocycles. The Morgan fingerprint density at radius 3 is 2.50 bits per heavy atom. The molecule has 5 nitrogen and oxygen atoms in total. The number of ether oxygens (including phenoxy) is 2. The Morgan fingerprint density at radius 1 is 1.05 bits per heavy atom. The average molecular weight is 288 g/mol. The summed E-state index contributed by atoms with van der Waals surface area (Å²) in [5.41, 5.74) is 0. The standard InChI is InChI=1S/C15H32N2O3/c1-4-5-6-10-17-15(18)14(2)16-9-7-8-11-20-13-12-19-3/h14,16H,4-13H2,1-3H3,(H,17,18). The lowest BCUT2D eigenvalue weighted by Crippen LogP contribution is -2.42. The molecule has 0 aromatic rings. The van der Waals surface area contributed by atoms with Crippen molar-refractivity contribution in [2.75, 3.05) is 40.0 Å². The summed E-state index contributed by atoms with van der Waals surface area (Å²) in [6.07, 6.45) is 5.43. The van der Waals surface area contributed by atoms with Gasteiger partial charge >= 0.3 is 0 Å². The fraction of sp³-hybridized carbons (Fsp3) is 0.933. The number of carbonyl (C=O) groups is 1. The van der Waals surface area contributed by atoms with Gasteiger partial charge in [-0.05, 0) is 32.7 Å². The van der Waals surface area contributed by atoms with E-state index in [-0.39, 0.29) is 11.9 Å². The van der Waals surface area contributed by atoms with E-state index < -0.39 is 0 Å². The van der Waals surface area contributed by atoms with Crippen molar-refractivity contribution in [1.82, 2.24) is 10.6 Å². The number of rotatable bonds is 14. The minimum absolute atomic E-state index is 0.0949. The van der Waals surface area contributed by atoms with Crippen LogP contribution in [0.5, 0.6) is 0 Å². The van der Waals surface area contributed by atoms with Gasteiger partial charge in [0, 0.05) is 20.3 Å². The molecule has 0 aliphatic heterocycles. The number of methoxy groups -OCH3 is 1. The first-order valence-corrected chi connectivity index (χ1v) is 7.80. The molecule has 120 valence electrons. The normalized spacial score (nSPS) is 12.3. The molecular weight excluding hydrogens is 256 g/mol. The summed E-state index contributed by atoms with van der Waals surface area (Å²) in [6.45, 7) is 7.75. The lowest BCUT2D eigenvalue weighted by molar-refractivity contribution is -0.122. The summed E-state index contributed by atoms with van der Waals surface area (Å²) in [4.78, 5) is 11.7. The molecule has 0 spiro atoms. The smallest absolute Gasteiger partial charge is 0.236 e. The molecule has 5 heteroatoms. The van der Waals surface area contributed by atoms with Crippen molar-refractivity contribution in [2.45, 2.75) is 52.0 Å². The Kier molecular flexibility index (Phi) is 14.3. The molecule has 0 saturated carbocycles. The van der Waals surface area contributed by atoms with Crippen LogP contribution in [-0.4, -0.2) is 52.0 Å². The Morgan fingerprint density at radius 2 is 1.80 bits per heavy atom. The lowest BCUT2D eigenvalue weighted by Gasteiger charge is -2.14. The highest BCUT2D eigenvalue weighted by atomic mass is 16.5. The summed E-state index contributed by atoms with van der Waals surface area (Å²) in [7, 11) is 1.67. The zero-order valence-corrected chi connectivity index (χ0v) is 13.4. The van der Waals surface area contributed by atoms with Crippen LogP contribution in [0.2, 0.25) is 0 Å². The van der Waals surface area contributed by atoms with Crippen molar-refractivity contribution in [3.8, 4) is 0 Å². The quantitative estimate of drug-likeness (QED) is 0.478. The molecule has 0 bridgehead atoms. The Bertz CT molecular complexity index is 225. The van der Waals surface area contributed by atoms with Gasteiger partial charge in [0.2, 0.25) is 5.91 Å². The van der Waals surface area contributed by atoms with Gasteiger partial charge in [-0.15, -0.1) is 0 Å². The number of hydrogen-bond donors (Lipinski definition) is 2. The second-order valence-corrected chi connectivity index (χ2v) is 4.99. The van der Waals surface area contributed by atoms with Crippen LogP contribution in [0.4, 0.5) is 0 Å². The molecule has 1 unspecified atom stereocenters. The molecule has 20 heavy (non-hydrogen) atoms. The fourth-order valence-electron chi connectivity index (χ4n) is 1.72. The number of nitrogens with one attached hydrogen (secondary N) is 2. The monoisotopic (exact) mass is 288 g/mol. The molecule has 0 saturated heterocycles. The van der Waals surface area contributed by atoms with Crippen LogP contribution >= 0.6 is 0 Å². The minimum atomic E-state index is -0.119. The number of unbranched alkanes of at least 4 members (excludes halogenated alkanes) is 3. The van der Waals surface area contributed by atoms with Gasteiger partial charge in [0.15, 0.2) is 0 Å². The van der Waals surface area contributed by atoms with Crippen molar-refractivity contribution in [3.05, 3.63) is 0 Å². The maximum absolute atomic E-state index is 11.7. The molecular formula is C15H32N2O3. The van der Waals surface area contributed by atoms with E-state index in [2.05, 4.69) is 17.6 Å². The third kappa shape index (κ3) is 12.4. The molecule has 0 rings (SSSR count).